The second kappa shape index (κ2) is 5.27. The molecule has 0 fully saturated rings. The van der Waals surface area contributed by atoms with E-state index in [2.05, 4.69) is 10.1 Å². The van der Waals surface area contributed by atoms with Crippen molar-refractivity contribution in [1.82, 2.24) is 14.8 Å². The van der Waals surface area contributed by atoms with Crippen molar-refractivity contribution >= 4 is 0 Å². The van der Waals surface area contributed by atoms with E-state index >= 15 is 0 Å². The van der Waals surface area contributed by atoms with Gasteiger partial charge < -0.3 is 5.11 Å². The highest BCUT2D eigenvalue weighted by atomic mass is 19.1. The van der Waals surface area contributed by atoms with Gasteiger partial charge in [0.05, 0.1) is 18.7 Å². The second-order valence-electron chi connectivity index (χ2n) is 4.45. The molecule has 0 amide bonds. The Morgan fingerprint density at radius 3 is 2.78 bits per heavy atom. The van der Waals surface area contributed by atoms with Crippen LogP contribution in [0.3, 0.4) is 0 Å². The van der Waals surface area contributed by atoms with Crippen LogP contribution in [0.25, 0.3) is 11.4 Å². The van der Waals surface area contributed by atoms with E-state index < -0.39 is 0 Å². The number of aromatic nitrogens is 3. The van der Waals surface area contributed by atoms with Crippen molar-refractivity contribution in [2.24, 2.45) is 0 Å². The first-order chi connectivity index (χ1) is 8.61. The van der Waals surface area contributed by atoms with Crippen molar-refractivity contribution in [3.63, 3.8) is 0 Å². The Labute approximate surface area is 105 Å². The van der Waals surface area contributed by atoms with E-state index in [1.807, 2.05) is 19.9 Å². The Hall–Kier alpha value is -1.75. The van der Waals surface area contributed by atoms with Gasteiger partial charge in [-0.2, -0.15) is 5.10 Å². The molecule has 4 nitrogen and oxygen atoms in total. The lowest BCUT2D eigenvalue weighted by atomic mass is 10.0. The fourth-order valence-corrected chi connectivity index (χ4v) is 1.70. The molecule has 0 saturated carbocycles. The number of rotatable bonds is 4. The Bertz CT molecular complexity index is 537. The lowest BCUT2D eigenvalue weighted by Crippen LogP contribution is -2.02. The molecule has 0 aliphatic carbocycles. The lowest BCUT2D eigenvalue weighted by Gasteiger charge is -2.06. The van der Waals surface area contributed by atoms with Gasteiger partial charge in [-0.15, -0.1) is 0 Å². The van der Waals surface area contributed by atoms with E-state index in [1.54, 1.807) is 6.07 Å². The summed E-state index contributed by atoms with van der Waals surface area (Å²) in [5, 5.41) is 12.9. The van der Waals surface area contributed by atoms with E-state index in [0.29, 0.717) is 17.9 Å². The molecule has 0 spiro atoms. The van der Waals surface area contributed by atoms with Gasteiger partial charge in [0, 0.05) is 0 Å². The molecule has 2 rings (SSSR count). The molecule has 0 bridgehead atoms. The summed E-state index contributed by atoms with van der Waals surface area (Å²) in [4.78, 5) is 4.04. The SMILES string of the molecule is CC(C)c1ccc(-c2ncn(CCO)n2)c(F)c1. The largest absolute Gasteiger partial charge is 0.394 e. The minimum absolute atomic E-state index is 0.0163. The topological polar surface area (TPSA) is 50.9 Å². The number of halogens is 1. The number of benzene rings is 1. The Balaban J connectivity index is 2.32. The van der Waals surface area contributed by atoms with Gasteiger partial charge in [0.1, 0.15) is 12.1 Å². The van der Waals surface area contributed by atoms with Gasteiger partial charge >= 0.3 is 0 Å². The van der Waals surface area contributed by atoms with Crippen molar-refractivity contribution in [3.05, 3.63) is 35.9 Å². The zero-order valence-electron chi connectivity index (χ0n) is 10.5. The van der Waals surface area contributed by atoms with Crippen molar-refractivity contribution < 1.29 is 9.50 Å². The summed E-state index contributed by atoms with van der Waals surface area (Å²) < 4.78 is 15.4. The molecule has 1 heterocycles. The molecule has 0 radical (unpaired) electrons. The van der Waals surface area contributed by atoms with E-state index in [-0.39, 0.29) is 18.3 Å². The maximum absolute atomic E-state index is 14.0. The molecule has 0 aliphatic rings. The van der Waals surface area contributed by atoms with Gasteiger partial charge in [0.2, 0.25) is 0 Å². The average molecular weight is 249 g/mol. The Kier molecular flexibility index (Phi) is 3.72. The van der Waals surface area contributed by atoms with Gasteiger partial charge in [-0.05, 0) is 23.6 Å². The molecule has 0 saturated heterocycles. The monoisotopic (exact) mass is 249 g/mol. The van der Waals surface area contributed by atoms with Crippen molar-refractivity contribution in [2.45, 2.75) is 26.3 Å². The standard InChI is InChI=1S/C13H16FN3O/c1-9(2)10-3-4-11(12(14)7-10)13-15-8-17(16-13)5-6-18/h3-4,7-9,18H,5-6H2,1-2H3. The van der Waals surface area contributed by atoms with E-state index in [9.17, 15) is 4.39 Å². The van der Waals surface area contributed by atoms with E-state index in [0.717, 1.165) is 5.56 Å². The van der Waals surface area contributed by atoms with Crippen LogP contribution in [0.4, 0.5) is 4.39 Å². The number of hydrogen-bond donors (Lipinski definition) is 1. The van der Waals surface area contributed by atoms with Crippen LogP contribution in [0.2, 0.25) is 0 Å². The number of hydrogen-bond acceptors (Lipinski definition) is 3. The minimum Gasteiger partial charge on any atom is -0.394 e. The molecule has 96 valence electrons. The third kappa shape index (κ3) is 2.56. The summed E-state index contributed by atoms with van der Waals surface area (Å²) in [6.07, 6.45) is 1.49. The zero-order valence-corrected chi connectivity index (χ0v) is 10.5. The highest BCUT2D eigenvalue weighted by Crippen LogP contribution is 2.23. The quantitative estimate of drug-likeness (QED) is 0.903. The normalized spacial score (nSPS) is 11.2. The highest BCUT2D eigenvalue weighted by Gasteiger charge is 2.11. The van der Waals surface area contributed by atoms with Crippen LogP contribution in [-0.4, -0.2) is 26.5 Å². The van der Waals surface area contributed by atoms with E-state index in [4.69, 9.17) is 5.11 Å². The molecule has 5 heteroatoms. The number of aliphatic hydroxyl groups is 1. The van der Waals surface area contributed by atoms with Crippen LogP contribution in [0.5, 0.6) is 0 Å². The maximum Gasteiger partial charge on any atom is 0.184 e. The summed E-state index contributed by atoms with van der Waals surface area (Å²) in [6, 6.07) is 5.10. The molecule has 0 aliphatic heterocycles. The van der Waals surface area contributed by atoms with Crippen LogP contribution in [-0.2, 0) is 6.54 Å². The van der Waals surface area contributed by atoms with E-state index in [1.165, 1.54) is 17.1 Å². The molecule has 1 aromatic heterocycles. The minimum atomic E-state index is -0.317. The molecule has 18 heavy (non-hydrogen) atoms. The molecule has 0 atom stereocenters. The smallest absolute Gasteiger partial charge is 0.184 e. The van der Waals surface area contributed by atoms with Crippen molar-refractivity contribution in [2.75, 3.05) is 6.61 Å². The van der Waals surface area contributed by atoms with Crippen LogP contribution >= 0.6 is 0 Å². The first kappa shape index (κ1) is 12.7. The van der Waals surface area contributed by atoms with Crippen LogP contribution in [0.1, 0.15) is 25.3 Å². The molecular formula is C13H16FN3O. The number of aliphatic hydroxyl groups excluding tert-OH is 1. The molecule has 0 unspecified atom stereocenters. The number of nitrogens with zero attached hydrogens (tertiary/aromatic N) is 3. The summed E-state index contributed by atoms with van der Waals surface area (Å²) in [7, 11) is 0. The van der Waals surface area contributed by atoms with Crippen LogP contribution < -0.4 is 0 Å². The van der Waals surface area contributed by atoms with Crippen molar-refractivity contribution in [3.8, 4) is 11.4 Å². The second-order valence-corrected chi connectivity index (χ2v) is 4.45. The van der Waals surface area contributed by atoms with Gasteiger partial charge in [-0.25, -0.2) is 9.37 Å². The molecular weight excluding hydrogens is 233 g/mol. The van der Waals surface area contributed by atoms with Crippen LogP contribution in [0.15, 0.2) is 24.5 Å². The van der Waals surface area contributed by atoms with Gasteiger partial charge in [0.25, 0.3) is 0 Å². The summed E-state index contributed by atoms with van der Waals surface area (Å²) in [5.74, 6) is 0.313. The molecule has 2 aromatic rings. The zero-order chi connectivity index (χ0) is 13.1. The predicted octanol–water partition coefficient (Wildman–Crippen LogP) is 2.20. The summed E-state index contributed by atoms with van der Waals surface area (Å²) in [6.45, 7) is 4.38. The third-order valence-corrected chi connectivity index (χ3v) is 2.77. The Morgan fingerprint density at radius 1 is 1.39 bits per heavy atom. The Morgan fingerprint density at radius 2 is 2.17 bits per heavy atom. The highest BCUT2D eigenvalue weighted by molar-refractivity contribution is 5.56. The van der Waals surface area contributed by atoms with Crippen molar-refractivity contribution in [1.29, 1.82) is 0 Å². The maximum atomic E-state index is 14.0. The summed E-state index contributed by atoms with van der Waals surface area (Å²) >= 11 is 0. The third-order valence-electron chi connectivity index (χ3n) is 2.77. The fraction of sp³-hybridized carbons (Fsp3) is 0.385. The molecule has 1 aromatic carbocycles. The lowest BCUT2D eigenvalue weighted by molar-refractivity contribution is 0.269. The first-order valence-corrected chi connectivity index (χ1v) is 5.92. The fourth-order valence-electron chi connectivity index (χ4n) is 1.70. The van der Waals surface area contributed by atoms with Crippen LogP contribution in [0, 0.1) is 5.82 Å². The predicted molar refractivity (Wildman–Crippen MR) is 66.6 cm³/mol. The summed E-state index contributed by atoms with van der Waals surface area (Å²) in [5.41, 5.74) is 1.34. The van der Waals surface area contributed by atoms with Gasteiger partial charge in [-0.1, -0.05) is 19.9 Å². The molecule has 1 N–H and O–H groups in total. The van der Waals surface area contributed by atoms with Gasteiger partial charge in [-0.3, -0.25) is 4.68 Å². The van der Waals surface area contributed by atoms with Gasteiger partial charge in [0.15, 0.2) is 5.82 Å². The average Bonchev–Trinajstić information content (AvgIpc) is 2.77. The first-order valence-electron chi connectivity index (χ1n) is 5.92.